The number of hydrogen-bond acceptors (Lipinski definition) is 4. The Kier molecular flexibility index (Phi) is 4.83. The monoisotopic (exact) mass is 305 g/mol. The van der Waals surface area contributed by atoms with Gasteiger partial charge in [0.2, 0.25) is 0 Å². The van der Waals surface area contributed by atoms with Crippen molar-refractivity contribution >= 4 is 17.6 Å². The average molecular weight is 305 g/mol. The normalized spacial score (nSPS) is 11.5. The molecule has 0 amide bonds. The largest absolute Gasteiger partial charge is 0.370 e. The van der Waals surface area contributed by atoms with Crippen LogP contribution in [-0.2, 0) is 5.41 Å². The van der Waals surface area contributed by atoms with Crippen molar-refractivity contribution in [3.63, 3.8) is 0 Å². The second-order valence-electron chi connectivity index (χ2n) is 5.73. The molecule has 0 aliphatic heterocycles. The highest BCUT2D eigenvalue weighted by molar-refractivity contribution is 7.99. The van der Waals surface area contributed by atoms with Gasteiger partial charge in [-0.25, -0.2) is 14.4 Å². The SMILES string of the molecule is CCNc1cc(Sc2ccccc2F)nc(C(C)(C)C)n1. The first-order chi connectivity index (χ1) is 9.90. The van der Waals surface area contributed by atoms with E-state index in [0.717, 1.165) is 23.2 Å². The summed E-state index contributed by atoms with van der Waals surface area (Å²) in [5.41, 5.74) is -0.157. The standard InChI is InChI=1S/C16H20FN3S/c1-5-18-13-10-14(20-15(19-13)16(2,3)4)21-12-9-7-6-8-11(12)17/h6-10H,5H2,1-4H3,(H,18,19,20). The molecule has 1 N–H and O–H groups in total. The fourth-order valence-electron chi connectivity index (χ4n) is 1.72. The van der Waals surface area contributed by atoms with Crippen molar-refractivity contribution in [1.29, 1.82) is 0 Å². The van der Waals surface area contributed by atoms with E-state index < -0.39 is 0 Å². The van der Waals surface area contributed by atoms with Crippen molar-refractivity contribution in [2.24, 2.45) is 0 Å². The molecule has 1 aromatic carbocycles. The lowest BCUT2D eigenvalue weighted by Gasteiger charge is -2.18. The van der Waals surface area contributed by atoms with Gasteiger partial charge < -0.3 is 5.32 Å². The maximum atomic E-state index is 13.8. The van der Waals surface area contributed by atoms with Crippen LogP contribution in [0, 0.1) is 5.82 Å². The molecule has 0 bridgehead atoms. The third-order valence-corrected chi connectivity index (χ3v) is 3.75. The van der Waals surface area contributed by atoms with E-state index in [1.165, 1.54) is 17.8 Å². The van der Waals surface area contributed by atoms with Crippen LogP contribution in [-0.4, -0.2) is 16.5 Å². The molecule has 0 saturated heterocycles. The van der Waals surface area contributed by atoms with Gasteiger partial charge in [0.15, 0.2) is 0 Å². The van der Waals surface area contributed by atoms with E-state index in [0.29, 0.717) is 4.90 Å². The van der Waals surface area contributed by atoms with Gasteiger partial charge in [0.05, 0.1) is 0 Å². The molecule has 2 aromatic rings. The van der Waals surface area contributed by atoms with Crippen molar-refractivity contribution in [2.45, 2.75) is 43.0 Å². The van der Waals surface area contributed by atoms with Crippen LogP contribution < -0.4 is 5.32 Å². The summed E-state index contributed by atoms with van der Waals surface area (Å²) in [4.78, 5) is 9.67. The molecule has 3 nitrogen and oxygen atoms in total. The highest BCUT2D eigenvalue weighted by atomic mass is 32.2. The molecule has 0 fully saturated rings. The Hall–Kier alpha value is -1.62. The third-order valence-electron chi connectivity index (χ3n) is 2.78. The lowest BCUT2D eigenvalue weighted by Crippen LogP contribution is -2.17. The molecule has 0 aliphatic rings. The van der Waals surface area contributed by atoms with Crippen molar-refractivity contribution in [2.75, 3.05) is 11.9 Å². The molecule has 0 radical (unpaired) electrons. The van der Waals surface area contributed by atoms with Gasteiger partial charge in [0, 0.05) is 22.9 Å². The molecule has 0 atom stereocenters. The lowest BCUT2D eigenvalue weighted by atomic mass is 9.96. The van der Waals surface area contributed by atoms with Crippen molar-refractivity contribution in [1.82, 2.24) is 9.97 Å². The Morgan fingerprint density at radius 1 is 1.19 bits per heavy atom. The summed E-state index contributed by atoms with van der Waals surface area (Å²) in [6.45, 7) is 8.99. The van der Waals surface area contributed by atoms with Crippen LogP contribution in [0.1, 0.15) is 33.5 Å². The van der Waals surface area contributed by atoms with Gasteiger partial charge in [-0.3, -0.25) is 0 Å². The molecule has 0 aliphatic carbocycles. The van der Waals surface area contributed by atoms with Crippen LogP contribution >= 0.6 is 11.8 Å². The molecule has 0 saturated carbocycles. The minimum Gasteiger partial charge on any atom is -0.370 e. The van der Waals surface area contributed by atoms with E-state index in [1.54, 1.807) is 12.1 Å². The van der Waals surface area contributed by atoms with Gasteiger partial charge in [-0.05, 0) is 19.1 Å². The summed E-state index contributed by atoms with van der Waals surface area (Å²) in [5, 5.41) is 3.95. The fourth-order valence-corrected chi connectivity index (χ4v) is 2.56. The van der Waals surface area contributed by atoms with Crippen LogP contribution in [0.3, 0.4) is 0 Å². The first-order valence-electron chi connectivity index (χ1n) is 6.96. The van der Waals surface area contributed by atoms with Crippen molar-refractivity contribution in [3.8, 4) is 0 Å². The first kappa shape index (κ1) is 15.8. The van der Waals surface area contributed by atoms with Gasteiger partial charge in [-0.2, -0.15) is 0 Å². The minimum absolute atomic E-state index is 0.157. The number of hydrogen-bond donors (Lipinski definition) is 1. The topological polar surface area (TPSA) is 37.8 Å². The Bertz CT molecular complexity index is 623. The predicted octanol–water partition coefficient (Wildman–Crippen LogP) is 4.50. The molecular formula is C16H20FN3S. The summed E-state index contributed by atoms with van der Waals surface area (Å²) < 4.78 is 13.8. The fraction of sp³-hybridized carbons (Fsp3) is 0.375. The van der Waals surface area contributed by atoms with Crippen LogP contribution in [0.15, 0.2) is 40.3 Å². The van der Waals surface area contributed by atoms with Crippen molar-refractivity contribution < 1.29 is 4.39 Å². The quantitative estimate of drug-likeness (QED) is 0.844. The first-order valence-corrected chi connectivity index (χ1v) is 7.77. The summed E-state index contributed by atoms with van der Waals surface area (Å²) in [7, 11) is 0. The zero-order chi connectivity index (χ0) is 15.5. The lowest BCUT2D eigenvalue weighted by molar-refractivity contribution is 0.539. The van der Waals surface area contributed by atoms with E-state index >= 15 is 0 Å². The number of rotatable bonds is 4. The maximum absolute atomic E-state index is 13.8. The number of anilines is 1. The predicted molar refractivity (Wildman–Crippen MR) is 85.4 cm³/mol. The Morgan fingerprint density at radius 2 is 1.90 bits per heavy atom. The highest BCUT2D eigenvalue weighted by Gasteiger charge is 2.19. The molecule has 2 rings (SSSR count). The number of benzene rings is 1. The summed E-state index contributed by atoms with van der Waals surface area (Å²) in [6.07, 6.45) is 0. The molecule has 1 heterocycles. The van der Waals surface area contributed by atoms with Crippen LogP contribution in [0.2, 0.25) is 0 Å². The van der Waals surface area contributed by atoms with Gasteiger partial charge >= 0.3 is 0 Å². The minimum atomic E-state index is -0.233. The van der Waals surface area contributed by atoms with E-state index in [-0.39, 0.29) is 11.2 Å². The Morgan fingerprint density at radius 3 is 2.52 bits per heavy atom. The van der Waals surface area contributed by atoms with E-state index in [1.807, 2.05) is 19.1 Å². The molecule has 112 valence electrons. The summed E-state index contributed by atoms with van der Waals surface area (Å²) in [5.74, 6) is 1.29. The summed E-state index contributed by atoms with van der Waals surface area (Å²) >= 11 is 1.32. The van der Waals surface area contributed by atoms with Crippen molar-refractivity contribution in [3.05, 3.63) is 42.0 Å². The average Bonchev–Trinajstić information content (AvgIpc) is 2.41. The molecule has 0 unspecified atom stereocenters. The van der Waals surface area contributed by atoms with Gasteiger partial charge in [0.25, 0.3) is 0 Å². The highest BCUT2D eigenvalue weighted by Crippen LogP contribution is 2.31. The maximum Gasteiger partial charge on any atom is 0.137 e. The van der Waals surface area contributed by atoms with Gasteiger partial charge in [0.1, 0.15) is 22.5 Å². The molecule has 5 heteroatoms. The Balaban J connectivity index is 2.38. The number of aromatic nitrogens is 2. The number of nitrogens with one attached hydrogen (secondary N) is 1. The molecular weight excluding hydrogens is 285 g/mol. The second-order valence-corrected chi connectivity index (χ2v) is 6.79. The Labute approximate surface area is 129 Å². The zero-order valence-electron chi connectivity index (χ0n) is 12.8. The van der Waals surface area contributed by atoms with E-state index in [4.69, 9.17) is 0 Å². The van der Waals surface area contributed by atoms with E-state index in [9.17, 15) is 4.39 Å². The van der Waals surface area contributed by atoms with Crippen LogP contribution in [0.5, 0.6) is 0 Å². The number of nitrogens with zero attached hydrogens (tertiary/aromatic N) is 2. The smallest absolute Gasteiger partial charge is 0.137 e. The second kappa shape index (κ2) is 6.43. The van der Waals surface area contributed by atoms with E-state index in [2.05, 4.69) is 36.1 Å². The van der Waals surface area contributed by atoms with Crippen LogP contribution in [0.4, 0.5) is 10.2 Å². The number of halogens is 1. The molecule has 21 heavy (non-hydrogen) atoms. The van der Waals surface area contributed by atoms with Gasteiger partial charge in [-0.1, -0.05) is 44.7 Å². The summed E-state index contributed by atoms with van der Waals surface area (Å²) in [6, 6.07) is 8.58. The third kappa shape index (κ3) is 4.17. The zero-order valence-corrected chi connectivity index (χ0v) is 13.6. The molecule has 0 spiro atoms. The molecule has 1 aromatic heterocycles. The van der Waals surface area contributed by atoms with Gasteiger partial charge in [-0.15, -0.1) is 0 Å². The van der Waals surface area contributed by atoms with Crippen LogP contribution in [0.25, 0.3) is 0 Å².